The van der Waals surface area contributed by atoms with E-state index < -0.39 is 30.5 Å². The molecule has 0 N–H and O–H groups in total. The van der Waals surface area contributed by atoms with Crippen LogP contribution < -0.4 is 4.18 Å². The largest absolute Gasteiger partial charge is 0.378 e. The maximum absolute atomic E-state index is 12.7. The molecule has 3 rings (SSSR count). The van der Waals surface area contributed by atoms with Gasteiger partial charge in [0.25, 0.3) is 11.4 Å². The zero-order valence-corrected chi connectivity index (χ0v) is 16.9. The lowest BCUT2D eigenvalue weighted by atomic mass is 10.1. The summed E-state index contributed by atoms with van der Waals surface area (Å²) in [6.45, 7) is 0. The van der Waals surface area contributed by atoms with Crippen LogP contribution in [0.15, 0.2) is 63.3 Å². The molecule has 0 aliphatic carbocycles. The van der Waals surface area contributed by atoms with E-state index in [1.54, 1.807) is 17.5 Å². The molecule has 0 fully saturated rings. The molecular weight excluding hydrogens is 476 g/mol. The minimum atomic E-state index is -4.44. The summed E-state index contributed by atoms with van der Waals surface area (Å²) in [5.41, 5.74) is -0.442. The Morgan fingerprint density at radius 1 is 0.964 bits per heavy atom. The third-order valence-corrected chi connectivity index (χ3v) is 6.09. The molecular formula is C16H9BrN2O7S2. The van der Waals surface area contributed by atoms with Gasteiger partial charge < -0.3 is 4.18 Å². The molecule has 3 aromatic rings. The molecule has 12 heteroatoms. The summed E-state index contributed by atoms with van der Waals surface area (Å²) >= 11 is 4.28. The normalized spacial score (nSPS) is 11.2. The summed E-state index contributed by atoms with van der Waals surface area (Å²) in [5.74, 6) is -0.129. The Labute approximate surface area is 170 Å². The second-order valence-electron chi connectivity index (χ2n) is 5.35. The predicted molar refractivity (Wildman–Crippen MR) is 105 cm³/mol. The minimum absolute atomic E-state index is 0.129. The third kappa shape index (κ3) is 4.18. The molecule has 2 aromatic carbocycles. The Hall–Kier alpha value is -2.83. The van der Waals surface area contributed by atoms with Crippen molar-refractivity contribution in [1.29, 1.82) is 0 Å². The maximum Gasteiger partial charge on any atom is 0.339 e. The zero-order chi connectivity index (χ0) is 20.5. The van der Waals surface area contributed by atoms with Gasteiger partial charge in [-0.05, 0) is 23.6 Å². The molecule has 28 heavy (non-hydrogen) atoms. The molecule has 0 unspecified atom stereocenters. The first-order valence-electron chi connectivity index (χ1n) is 7.39. The summed E-state index contributed by atoms with van der Waals surface area (Å²) in [6.07, 6.45) is 0. The molecule has 0 spiro atoms. The fourth-order valence-corrected chi connectivity index (χ4v) is 4.69. The van der Waals surface area contributed by atoms with Gasteiger partial charge in [-0.1, -0.05) is 22.0 Å². The SMILES string of the molecule is O=[N+]([O-])c1cc(Br)cc(S(=O)(=O)Oc2ccc([N+](=O)[O-])cc2-c2cccs2)c1. The molecule has 0 atom stereocenters. The second-order valence-corrected chi connectivity index (χ2v) is 8.76. The average Bonchev–Trinajstić information content (AvgIpc) is 3.15. The fourth-order valence-electron chi connectivity index (χ4n) is 2.29. The Kier molecular flexibility index (Phi) is 5.45. The van der Waals surface area contributed by atoms with Crippen molar-refractivity contribution in [1.82, 2.24) is 0 Å². The lowest BCUT2D eigenvalue weighted by molar-refractivity contribution is -0.385. The van der Waals surface area contributed by atoms with Gasteiger partial charge in [0, 0.05) is 39.2 Å². The van der Waals surface area contributed by atoms with Gasteiger partial charge in [-0.2, -0.15) is 8.42 Å². The Morgan fingerprint density at radius 2 is 1.68 bits per heavy atom. The van der Waals surface area contributed by atoms with Gasteiger partial charge in [0.1, 0.15) is 4.90 Å². The first-order chi connectivity index (χ1) is 13.2. The third-order valence-electron chi connectivity index (χ3n) is 3.52. The van der Waals surface area contributed by atoms with Gasteiger partial charge in [0.05, 0.1) is 9.85 Å². The lowest BCUT2D eigenvalue weighted by Gasteiger charge is -2.11. The molecule has 0 amide bonds. The van der Waals surface area contributed by atoms with E-state index in [2.05, 4.69) is 15.9 Å². The molecule has 1 aromatic heterocycles. The minimum Gasteiger partial charge on any atom is -0.378 e. The highest BCUT2D eigenvalue weighted by molar-refractivity contribution is 9.10. The van der Waals surface area contributed by atoms with Gasteiger partial charge in [-0.25, -0.2) is 0 Å². The van der Waals surface area contributed by atoms with Crippen molar-refractivity contribution in [2.75, 3.05) is 0 Å². The predicted octanol–water partition coefficient (Wildman–Crippen LogP) is 4.76. The number of nitro groups is 2. The molecule has 0 saturated carbocycles. The standard InChI is InChI=1S/C16H9BrN2O7S2/c17-10-6-12(19(22)23)8-13(7-10)28(24,25)26-15-4-3-11(18(20)21)9-14(15)16-2-1-5-27-16/h1-9H. The van der Waals surface area contributed by atoms with E-state index in [9.17, 15) is 28.6 Å². The number of benzene rings is 2. The van der Waals surface area contributed by atoms with Crippen molar-refractivity contribution < 1.29 is 22.4 Å². The van der Waals surface area contributed by atoms with Gasteiger partial charge in [-0.15, -0.1) is 11.3 Å². The van der Waals surface area contributed by atoms with Crippen LogP contribution in [-0.4, -0.2) is 18.3 Å². The van der Waals surface area contributed by atoms with Crippen LogP contribution in [-0.2, 0) is 10.1 Å². The van der Waals surface area contributed by atoms with Crippen LogP contribution in [0.25, 0.3) is 10.4 Å². The van der Waals surface area contributed by atoms with E-state index in [-0.39, 0.29) is 21.5 Å². The first kappa shape index (κ1) is 19.9. The Bertz CT molecular complexity index is 1180. The van der Waals surface area contributed by atoms with Crippen molar-refractivity contribution in [3.63, 3.8) is 0 Å². The maximum atomic E-state index is 12.7. The van der Waals surface area contributed by atoms with Crippen LogP contribution in [0.3, 0.4) is 0 Å². The van der Waals surface area contributed by atoms with Crippen LogP contribution in [0.1, 0.15) is 0 Å². The van der Waals surface area contributed by atoms with Crippen LogP contribution >= 0.6 is 27.3 Å². The Balaban J connectivity index is 2.08. The van der Waals surface area contributed by atoms with Crippen molar-refractivity contribution >= 4 is 48.8 Å². The average molecular weight is 485 g/mol. The Morgan fingerprint density at radius 3 is 2.29 bits per heavy atom. The quantitative estimate of drug-likeness (QED) is 0.280. The van der Waals surface area contributed by atoms with E-state index in [4.69, 9.17) is 4.18 Å². The molecule has 0 radical (unpaired) electrons. The summed E-state index contributed by atoms with van der Waals surface area (Å²) < 4.78 is 30.7. The number of rotatable bonds is 6. The number of nitro benzene ring substituents is 2. The van der Waals surface area contributed by atoms with Crippen LogP contribution in [0, 0.1) is 20.2 Å². The highest BCUT2D eigenvalue weighted by atomic mass is 79.9. The van der Waals surface area contributed by atoms with E-state index in [0.717, 1.165) is 18.2 Å². The topological polar surface area (TPSA) is 130 Å². The lowest BCUT2D eigenvalue weighted by Crippen LogP contribution is -2.11. The second kappa shape index (κ2) is 7.66. The van der Waals surface area contributed by atoms with Crippen LogP contribution in [0.2, 0.25) is 0 Å². The summed E-state index contributed by atoms with van der Waals surface area (Å²) in [4.78, 5) is 20.9. The van der Waals surface area contributed by atoms with Crippen LogP contribution in [0.4, 0.5) is 11.4 Å². The van der Waals surface area contributed by atoms with Gasteiger partial charge >= 0.3 is 10.1 Å². The van der Waals surface area contributed by atoms with Crippen molar-refractivity contribution in [2.24, 2.45) is 0 Å². The molecule has 0 aliphatic heterocycles. The summed E-state index contributed by atoms with van der Waals surface area (Å²) in [5, 5.41) is 23.8. The van der Waals surface area contributed by atoms with Crippen molar-refractivity contribution in [3.8, 4) is 16.2 Å². The van der Waals surface area contributed by atoms with Crippen molar-refractivity contribution in [2.45, 2.75) is 4.90 Å². The van der Waals surface area contributed by atoms with E-state index >= 15 is 0 Å². The first-order valence-corrected chi connectivity index (χ1v) is 10.5. The van der Waals surface area contributed by atoms with E-state index in [1.807, 2.05) is 0 Å². The number of thiophene rings is 1. The van der Waals surface area contributed by atoms with Crippen molar-refractivity contribution in [3.05, 3.63) is 78.6 Å². The van der Waals surface area contributed by atoms with E-state index in [0.29, 0.717) is 4.88 Å². The molecule has 9 nitrogen and oxygen atoms in total. The van der Waals surface area contributed by atoms with Gasteiger partial charge in [-0.3, -0.25) is 20.2 Å². The molecule has 0 saturated heterocycles. The summed E-state index contributed by atoms with van der Waals surface area (Å²) in [7, 11) is -4.44. The molecule has 144 valence electrons. The molecule has 0 bridgehead atoms. The van der Waals surface area contributed by atoms with Crippen LogP contribution in [0.5, 0.6) is 5.75 Å². The highest BCUT2D eigenvalue weighted by Crippen LogP contribution is 2.38. The summed E-state index contributed by atoms with van der Waals surface area (Å²) in [6, 6.07) is 10.1. The fraction of sp³-hybridized carbons (Fsp3) is 0. The number of hydrogen-bond acceptors (Lipinski definition) is 8. The smallest absolute Gasteiger partial charge is 0.339 e. The number of halogens is 1. The number of non-ortho nitro benzene ring substituents is 2. The highest BCUT2D eigenvalue weighted by Gasteiger charge is 2.24. The molecule has 1 heterocycles. The monoisotopic (exact) mass is 484 g/mol. The zero-order valence-electron chi connectivity index (χ0n) is 13.6. The van der Waals surface area contributed by atoms with Gasteiger partial charge in [0.2, 0.25) is 0 Å². The number of nitrogens with zero attached hydrogens (tertiary/aromatic N) is 2. The molecule has 0 aliphatic rings. The van der Waals surface area contributed by atoms with E-state index in [1.165, 1.54) is 29.5 Å². The van der Waals surface area contributed by atoms with Gasteiger partial charge in [0.15, 0.2) is 5.75 Å². The number of hydrogen-bond donors (Lipinski definition) is 0.